The Bertz CT molecular complexity index is 1200. The number of carbonyl (C=O) groups excluding carboxylic acids is 2. The molecule has 0 saturated heterocycles. The number of allylic oxidation sites excluding steroid dienone is 1. The Kier molecular flexibility index (Phi) is 7.46. The highest BCUT2D eigenvalue weighted by atomic mass is 127. The van der Waals surface area contributed by atoms with Crippen molar-refractivity contribution in [3.05, 3.63) is 86.4 Å². The maximum absolute atomic E-state index is 12.4. The van der Waals surface area contributed by atoms with Crippen LogP contribution in [0.1, 0.15) is 36.7 Å². The zero-order valence-corrected chi connectivity index (χ0v) is 20.9. The summed E-state index contributed by atoms with van der Waals surface area (Å²) in [7, 11) is 0. The van der Waals surface area contributed by atoms with Gasteiger partial charge < -0.3 is 20.1 Å². The number of carbonyl (C=O) groups is 2. The van der Waals surface area contributed by atoms with Gasteiger partial charge in [0, 0.05) is 9.27 Å². The largest absolute Gasteiger partial charge is 0.487 e. The first-order valence-electron chi connectivity index (χ1n) is 10.7. The number of halogens is 1. The number of nitrogens with zero attached hydrogens (tertiary/aromatic N) is 3. The fourth-order valence-electron chi connectivity index (χ4n) is 3.60. The van der Waals surface area contributed by atoms with Crippen molar-refractivity contribution in [2.24, 2.45) is 0 Å². The van der Waals surface area contributed by atoms with Crippen molar-refractivity contribution in [1.82, 2.24) is 25.6 Å². The van der Waals surface area contributed by atoms with Gasteiger partial charge in [0.1, 0.15) is 18.1 Å². The molecule has 34 heavy (non-hydrogen) atoms. The zero-order chi connectivity index (χ0) is 24.1. The Morgan fingerprint density at radius 2 is 1.88 bits per heavy atom. The van der Waals surface area contributed by atoms with E-state index in [2.05, 4.69) is 67.8 Å². The van der Waals surface area contributed by atoms with Gasteiger partial charge in [-0.2, -0.15) is 0 Å². The third-order valence-corrected chi connectivity index (χ3v) is 5.93. The maximum Gasteiger partial charge on any atom is 0.338 e. The van der Waals surface area contributed by atoms with Crippen molar-refractivity contribution in [3.8, 4) is 5.75 Å². The normalized spacial score (nSPS) is 15.5. The smallest absolute Gasteiger partial charge is 0.338 e. The Hall–Kier alpha value is -3.41. The van der Waals surface area contributed by atoms with Gasteiger partial charge in [0.05, 0.1) is 31.0 Å². The number of aromatic nitrogens is 3. The second-order valence-electron chi connectivity index (χ2n) is 7.68. The molecule has 0 fully saturated rings. The van der Waals surface area contributed by atoms with E-state index in [9.17, 15) is 9.59 Å². The quantitative estimate of drug-likeness (QED) is 0.315. The second-order valence-corrected chi connectivity index (χ2v) is 8.93. The lowest BCUT2D eigenvalue weighted by Crippen LogP contribution is -2.45. The van der Waals surface area contributed by atoms with Gasteiger partial charge in [-0.3, -0.25) is 0 Å². The summed E-state index contributed by atoms with van der Waals surface area (Å²) in [6.07, 6.45) is 1.86. The van der Waals surface area contributed by atoms with Crippen LogP contribution in [0.3, 0.4) is 0 Å². The molecule has 9 nitrogen and oxygen atoms in total. The second kappa shape index (κ2) is 10.7. The summed E-state index contributed by atoms with van der Waals surface area (Å²) < 4.78 is 14.0. The van der Waals surface area contributed by atoms with Crippen LogP contribution >= 0.6 is 22.6 Å². The monoisotopic (exact) mass is 573 g/mol. The molecule has 0 spiro atoms. The lowest BCUT2D eigenvalue weighted by molar-refractivity contribution is -0.139. The van der Waals surface area contributed by atoms with Crippen LogP contribution in [-0.4, -0.2) is 33.6 Å². The van der Waals surface area contributed by atoms with E-state index in [1.807, 2.05) is 18.3 Å². The molecule has 2 amide bonds. The molecule has 0 radical (unpaired) electrons. The topological polar surface area (TPSA) is 107 Å². The summed E-state index contributed by atoms with van der Waals surface area (Å²) in [6.45, 7) is 4.57. The van der Waals surface area contributed by atoms with E-state index in [0.29, 0.717) is 29.3 Å². The van der Waals surface area contributed by atoms with Crippen LogP contribution in [0, 0.1) is 3.57 Å². The average Bonchev–Trinajstić information content (AvgIpc) is 3.26. The molecule has 176 valence electrons. The van der Waals surface area contributed by atoms with Crippen LogP contribution in [0.25, 0.3) is 0 Å². The first-order valence-corrected chi connectivity index (χ1v) is 11.8. The van der Waals surface area contributed by atoms with Crippen LogP contribution in [0.5, 0.6) is 5.75 Å². The van der Waals surface area contributed by atoms with E-state index in [-0.39, 0.29) is 19.2 Å². The number of hydrogen-bond donors (Lipinski definition) is 2. The van der Waals surface area contributed by atoms with Crippen molar-refractivity contribution < 1.29 is 19.1 Å². The molecule has 1 aliphatic rings. The van der Waals surface area contributed by atoms with Crippen molar-refractivity contribution in [3.63, 3.8) is 0 Å². The summed E-state index contributed by atoms with van der Waals surface area (Å²) in [5.41, 5.74) is 3.45. The molecule has 1 atom stereocenters. The molecule has 3 aromatic rings. The van der Waals surface area contributed by atoms with Crippen molar-refractivity contribution in [1.29, 1.82) is 0 Å². The first kappa shape index (κ1) is 23.7. The Balaban J connectivity index is 1.39. The number of benzene rings is 2. The highest BCUT2D eigenvalue weighted by Crippen LogP contribution is 2.29. The molecular weight excluding hydrogens is 549 g/mol. The lowest BCUT2D eigenvalue weighted by Gasteiger charge is -2.28. The number of hydrogen-bond acceptors (Lipinski definition) is 6. The van der Waals surface area contributed by atoms with E-state index in [0.717, 1.165) is 11.1 Å². The molecule has 1 unspecified atom stereocenters. The summed E-state index contributed by atoms with van der Waals surface area (Å²) in [6, 6.07) is 14.5. The van der Waals surface area contributed by atoms with Crippen LogP contribution in [0.15, 0.2) is 66.0 Å². The molecule has 2 heterocycles. The van der Waals surface area contributed by atoms with Crippen molar-refractivity contribution in [2.75, 3.05) is 6.61 Å². The third kappa shape index (κ3) is 5.74. The number of ether oxygens (including phenoxy) is 2. The number of esters is 1. The standard InChI is InChI=1S/C24H24IN5O4/c1-3-33-23(31)21-15(2)26-24(32)27-22(21)17-6-10-20(11-7-17)34-14-19-13-30(29-28-19)12-16-4-8-18(25)9-5-16/h4-11,13,22H,3,12,14H2,1-2H3,(H2,26,27,32). The summed E-state index contributed by atoms with van der Waals surface area (Å²) in [4.78, 5) is 24.4. The van der Waals surface area contributed by atoms with Gasteiger partial charge in [0.2, 0.25) is 0 Å². The average molecular weight is 573 g/mol. The van der Waals surface area contributed by atoms with Gasteiger partial charge in [-0.25, -0.2) is 14.3 Å². The van der Waals surface area contributed by atoms with Gasteiger partial charge in [0.15, 0.2) is 0 Å². The van der Waals surface area contributed by atoms with Crippen LogP contribution in [-0.2, 0) is 22.7 Å². The van der Waals surface area contributed by atoms with Gasteiger partial charge in [-0.1, -0.05) is 29.5 Å². The van der Waals surface area contributed by atoms with E-state index in [4.69, 9.17) is 9.47 Å². The third-order valence-electron chi connectivity index (χ3n) is 5.21. The predicted molar refractivity (Wildman–Crippen MR) is 133 cm³/mol. The number of nitrogens with one attached hydrogen (secondary N) is 2. The minimum Gasteiger partial charge on any atom is -0.487 e. The highest BCUT2D eigenvalue weighted by molar-refractivity contribution is 14.1. The summed E-state index contributed by atoms with van der Waals surface area (Å²) >= 11 is 2.28. The van der Waals surface area contributed by atoms with Gasteiger partial charge >= 0.3 is 12.0 Å². The fourth-order valence-corrected chi connectivity index (χ4v) is 3.96. The molecule has 0 bridgehead atoms. The molecule has 1 aromatic heterocycles. The Labute approximate surface area is 210 Å². The number of rotatable bonds is 8. The SMILES string of the molecule is CCOC(=O)C1=C(C)NC(=O)NC1c1ccc(OCc2cn(Cc3ccc(I)cc3)nn2)cc1. The van der Waals surface area contributed by atoms with E-state index < -0.39 is 12.0 Å². The zero-order valence-electron chi connectivity index (χ0n) is 18.7. The van der Waals surface area contributed by atoms with Gasteiger partial charge in [0.25, 0.3) is 0 Å². The first-order chi connectivity index (χ1) is 16.4. The van der Waals surface area contributed by atoms with Gasteiger partial charge in [-0.15, -0.1) is 5.10 Å². The van der Waals surface area contributed by atoms with Crippen LogP contribution in [0.4, 0.5) is 4.79 Å². The van der Waals surface area contributed by atoms with Crippen LogP contribution in [0.2, 0.25) is 0 Å². The Morgan fingerprint density at radius 3 is 2.59 bits per heavy atom. The Morgan fingerprint density at radius 1 is 1.15 bits per heavy atom. The predicted octanol–water partition coefficient (Wildman–Crippen LogP) is 3.70. The highest BCUT2D eigenvalue weighted by Gasteiger charge is 2.32. The molecule has 1 aliphatic heterocycles. The van der Waals surface area contributed by atoms with Crippen molar-refractivity contribution >= 4 is 34.6 Å². The number of urea groups is 1. The van der Waals surface area contributed by atoms with E-state index >= 15 is 0 Å². The summed E-state index contributed by atoms with van der Waals surface area (Å²) in [5.74, 6) is 0.167. The molecule has 0 saturated carbocycles. The lowest BCUT2D eigenvalue weighted by atomic mass is 9.95. The minimum absolute atomic E-state index is 0.248. The summed E-state index contributed by atoms with van der Waals surface area (Å²) in [5, 5.41) is 13.8. The molecule has 2 N–H and O–H groups in total. The molecular formula is C24H24IN5O4. The van der Waals surface area contributed by atoms with E-state index in [1.165, 1.54) is 3.57 Å². The molecule has 2 aromatic carbocycles. The maximum atomic E-state index is 12.4. The number of amides is 2. The molecule has 10 heteroatoms. The molecule has 0 aliphatic carbocycles. The minimum atomic E-state index is -0.608. The molecule has 4 rings (SSSR count). The van der Waals surface area contributed by atoms with E-state index in [1.54, 1.807) is 30.7 Å². The van der Waals surface area contributed by atoms with Crippen molar-refractivity contribution in [2.45, 2.75) is 33.0 Å². The van der Waals surface area contributed by atoms with Crippen LogP contribution < -0.4 is 15.4 Å². The van der Waals surface area contributed by atoms with Gasteiger partial charge in [-0.05, 0) is 71.8 Å². The fraction of sp³-hybridized carbons (Fsp3) is 0.250.